The highest BCUT2D eigenvalue weighted by atomic mass is 31.1. The molecule has 10 nitrogen and oxygen atoms in total. The Morgan fingerprint density at radius 1 is 1.27 bits per heavy atom. The minimum absolute atomic E-state index is 0.00176. The molecule has 2 heterocycles. The molecule has 1 N–H and O–H groups in total. The quantitative estimate of drug-likeness (QED) is 0.622. The van der Waals surface area contributed by atoms with Gasteiger partial charge in [-0.25, -0.2) is 14.8 Å². The molecule has 12 heteroatoms. The zero-order valence-corrected chi connectivity index (χ0v) is 16.7. The molecule has 2 aliphatic rings. The van der Waals surface area contributed by atoms with E-state index in [1.807, 2.05) is 0 Å². The topological polar surface area (TPSA) is 131 Å². The van der Waals surface area contributed by atoms with Gasteiger partial charge in [-0.1, -0.05) is 0 Å². The van der Waals surface area contributed by atoms with E-state index in [2.05, 4.69) is 0 Å². The minimum Gasteiger partial charge on any atom is -0.479 e. The molecule has 0 saturated carbocycles. The van der Waals surface area contributed by atoms with E-state index in [4.69, 9.17) is 9.05 Å². The molecule has 0 aromatic heterocycles. The lowest BCUT2D eigenvalue weighted by atomic mass is 10.1. The van der Waals surface area contributed by atoms with Gasteiger partial charge in [0.25, 0.3) is 5.91 Å². The predicted octanol–water partition coefficient (Wildman–Crippen LogP) is 1.32. The standard InChI is InChI=1S/C14H24N2O8P2/c1-3-23-25(21)10-6-7-11(17)15-9-5-8-14(13(19)20,16(15)12(10)18)26(22)24-4-2/h10,25-26H,3-9H2,1-2H3,(H,19,20)/t10-,14-/m0/s1. The zero-order chi connectivity index (χ0) is 19.5. The van der Waals surface area contributed by atoms with Crippen molar-refractivity contribution in [1.82, 2.24) is 10.0 Å². The number of carboxylic acids is 1. The van der Waals surface area contributed by atoms with Crippen molar-refractivity contribution in [3.63, 3.8) is 0 Å². The summed E-state index contributed by atoms with van der Waals surface area (Å²) < 4.78 is 35.3. The lowest BCUT2D eigenvalue weighted by Crippen LogP contribution is -2.66. The van der Waals surface area contributed by atoms with Crippen LogP contribution in [0.4, 0.5) is 0 Å². The summed E-state index contributed by atoms with van der Waals surface area (Å²) in [6.07, 6.45) is 0.0733. The third-order valence-electron chi connectivity index (χ3n) is 4.49. The number of hydrazine groups is 1. The molecular formula is C14H24N2O8P2. The van der Waals surface area contributed by atoms with E-state index in [-0.39, 0.29) is 45.4 Å². The SMILES string of the molecule is CCO[PH](=O)[C@H]1CCC(=O)N2CCC[C@@](C(=O)O)([PH](=O)OCC)N2C1=O. The van der Waals surface area contributed by atoms with Crippen LogP contribution in [-0.2, 0) is 32.6 Å². The van der Waals surface area contributed by atoms with Crippen LogP contribution < -0.4 is 0 Å². The van der Waals surface area contributed by atoms with Crippen molar-refractivity contribution in [3.8, 4) is 0 Å². The number of carbonyl (C=O) groups is 3. The van der Waals surface area contributed by atoms with Gasteiger partial charge in [0.15, 0.2) is 0 Å². The van der Waals surface area contributed by atoms with Crippen LogP contribution in [0.25, 0.3) is 0 Å². The number of fused-ring (bicyclic) bond motifs is 1. The van der Waals surface area contributed by atoms with Gasteiger partial charge in [0.2, 0.25) is 27.2 Å². The van der Waals surface area contributed by atoms with Gasteiger partial charge in [-0.05, 0) is 33.1 Å². The Morgan fingerprint density at radius 3 is 2.50 bits per heavy atom. The van der Waals surface area contributed by atoms with Crippen molar-refractivity contribution >= 4 is 33.8 Å². The molecule has 0 aromatic carbocycles. The van der Waals surface area contributed by atoms with E-state index in [9.17, 15) is 28.6 Å². The summed E-state index contributed by atoms with van der Waals surface area (Å²) in [7, 11) is -6.11. The molecular weight excluding hydrogens is 386 g/mol. The molecule has 2 unspecified atom stereocenters. The van der Waals surface area contributed by atoms with Crippen molar-refractivity contribution in [2.45, 2.75) is 50.5 Å². The van der Waals surface area contributed by atoms with Crippen LogP contribution in [0.5, 0.6) is 0 Å². The summed E-state index contributed by atoms with van der Waals surface area (Å²) in [5, 5.41) is 9.48. The van der Waals surface area contributed by atoms with Crippen LogP contribution in [0, 0.1) is 0 Å². The van der Waals surface area contributed by atoms with Gasteiger partial charge in [-0.15, -0.1) is 0 Å². The van der Waals surface area contributed by atoms with E-state index < -0.39 is 44.8 Å². The summed E-state index contributed by atoms with van der Waals surface area (Å²) in [5.41, 5.74) is -1.14. The Balaban J connectivity index is 2.55. The van der Waals surface area contributed by atoms with Crippen LogP contribution in [0.3, 0.4) is 0 Å². The number of carboxylic acid groups (broad SMARTS) is 1. The summed E-state index contributed by atoms with van der Waals surface area (Å²) in [5.74, 6) is -2.78. The number of hydrogen-bond donors (Lipinski definition) is 1. The maximum atomic E-state index is 13.1. The van der Waals surface area contributed by atoms with E-state index in [1.54, 1.807) is 13.8 Å². The van der Waals surface area contributed by atoms with Gasteiger partial charge in [0.1, 0.15) is 5.66 Å². The lowest BCUT2D eigenvalue weighted by Gasteiger charge is -2.48. The lowest BCUT2D eigenvalue weighted by molar-refractivity contribution is -0.185. The number of aliphatic carboxylic acids is 1. The summed E-state index contributed by atoms with van der Waals surface area (Å²) in [6, 6.07) is 0. The Kier molecular flexibility index (Phi) is 7.02. The maximum absolute atomic E-state index is 13.1. The minimum atomic E-state index is -3.27. The Morgan fingerprint density at radius 2 is 1.92 bits per heavy atom. The Labute approximate surface area is 152 Å². The van der Waals surface area contributed by atoms with Crippen LogP contribution in [0.2, 0.25) is 0 Å². The third kappa shape index (κ3) is 3.60. The second-order valence-corrected chi connectivity index (χ2v) is 9.31. The van der Waals surface area contributed by atoms with Crippen molar-refractivity contribution in [3.05, 3.63) is 0 Å². The molecule has 2 fully saturated rings. The van der Waals surface area contributed by atoms with Gasteiger partial charge in [0.05, 0.1) is 13.2 Å². The first kappa shape index (κ1) is 21.1. The van der Waals surface area contributed by atoms with Gasteiger partial charge in [-0.3, -0.25) is 18.7 Å². The van der Waals surface area contributed by atoms with E-state index in [0.29, 0.717) is 0 Å². The largest absolute Gasteiger partial charge is 0.479 e. The third-order valence-corrected chi connectivity index (χ3v) is 8.07. The fourth-order valence-electron chi connectivity index (χ4n) is 3.29. The molecule has 0 bridgehead atoms. The first-order chi connectivity index (χ1) is 12.3. The predicted molar refractivity (Wildman–Crippen MR) is 92.4 cm³/mol. The number of nitrogens with zero attached hydrogens (tertiary/aromatic N) is 2. The summed E-state index contributed by atoms with van der Waals surface area (Å²) in [6.45, 7) is 3.44. The highest BCUT2D eigenvalue weighted by Gasteiger charge is 2.59. The van der Waals surface area contributed by atoms with E-state index >= 15 is 0 Å². The van der Waals surface area contributed by atoms with Gasteiger partial charge < -0.3 is 14.2 Å². The monoisotopic (exact) mass is 410 g/mol. The molecule has 2 saturated heterocycles. The zero-order valence-electron chi connectivity index (χ0n) is 14.7. The van der Waals surface area contributed by atoms with E-state index in [1.165, 1.54) is 0 Å². The van der Waals surface area contributed by atoms with Crippen LogP contribution >= 0.6 is 16.1 Å². The summed E-state index contributed by atoms with van der Waals surface area (Å²) in [4.78, 5) is 37.7. The fourth-order valence-corrected chi connectivity index (χ4v) is 5.94. The molecule has 0 aromatic rings. The summed E-state index contributed by atoms with van der Waals surface area (Å²) >= 11 is 0. The smallest absolute Gasteiger partial charge is 0.341 e. The molecule has 0 spiro atoms. The van der Waals surface area contributed by atoms with Crippen molar-refractivity contribution in [2.24, 2.45) is 0 Å². The maximum Gasteiger partial charge on any atom is 0.341 e. The second-order valence-electron chi connectivity index (χ2n) is 6.00. The first-order valence-electron chi connectivity index (χ1n) is 8.52. The molecule has 4 atom stereocenters. The second kappa shape index (κ2) is 8.65. The number of amides is 2. The molecule has 2 aliphatic heterocycles. The molecule has 2 amide bonds. The van der Waals surface area contributed by atoms with Crippen molar-refractivity contribution in [2.75, 3.05) is 19.8 Å². The fraction of sp³-hybridized carbons (Fsp3) is 0.786. The van der Waals surface area contributed by atoms with Crippen LogP contribution in [-0.4, -0.2) is 63.6 Å². The number of hydrogen-bond acceptors (Lipinski definition) is 7. The molecule has 26 heavy (non-hydrogen) atoms. The molecule has 2 rings (SSSR count). The van der Waals surface area contributed by atoms with Crippen LogP contribution in [0.15, 0.2) is 0 Å². The van der Waals surface area contributed by atoms with Gasteiger partial charge >= 0.3 is 5.97 Å². The molecule has 148 valence electrons. The number of carbonyl (C=O) groups excluding carboxylic acids is 2. The van der Waals surface area contributed by atoms with Crippen molar-refractivity contribution < 1.29 is 37.7 Å². The van der Waals surface area contributed by atoms with Crippen molar-refractivity contribution in [1.29, 1.82) is 0 Å². The first-order valence-corrected chi connectivity index (χ1v) is 11.2. The average Bonchev–Trinajstić information content (AvgIpc) is 2.72. The van der Waals surface area contributed by atoms with Gasteiger partial charge in [-0.2, -0.15) is 0 Å². The van der Waals surface area contributed by atoms with Crippen LogP contribution in [0.1, 0.15) is 39.5 Å². The Hall–Kier alpha value is -1.21. The Bertz CT molecular complexity index is 642. The number of rotatable bonds is 7. The molecule has 0 aliphatic carbocycles. The highest BCUT2D eigenvalue weighted by Crippen LogP contribution is 2.51. The van der Waals surface area contributed by atoms with E-state index in [0.717, 1.165) is 10.0 Å². The highest BCUT2D eigenvalue weighted by molar-refractivity contribution is 7.43. The van der Waals surface area contributed by atoms with Gasteiger partial charge in [0, 0.05) is 13.0 Å². The average molecular weight is 410 g/mol. The normalized spacial score (nSPS) is 29.1. The molecule has 0 radical (unpaired) electrons.